The molecule has 5 heterocycles. The highest BCUT2D eigenvalue weighted by molar-refractivity contribution is 7.00. The third-order valence-electron chi connectivity index (χ3n) is 23.6. The zero-order chi connectivity index (χ0) is 94.8. The smallest absolute Gasteiger partial charge is 0.252 e. The van der Waals surface area contributed by atoms with E-state index < -0.39 is 107 Å². The predicted molar refractivity (Wildman–Crippen MR) is 511 cm³/mol. The van der Waals surface area contributed by atoms with E-state index in [0.717, 1.165) is 83.4 Å². The van der Waals surface area contributed by atoms with Crippen molar-refractivity contribution < 1.29 is 17.8 Å². The maximum Gasteiger partial charge on any atom is 0.252 e. The monoisotopic (exact) mass is 1590 g/mol. The van der Waals surface area contributed by atoms with Crippen LogP contribution in [0.5, 0.6) is 0 Å². The van der Waals surface area contributed by atoms with Gasteiger partial charge in [0.1, 0.15) is 0 Å². The summed E-state index contributed by atoms with van der Waals surface area (Å²) in [6.45, 7) is 25.6. The fraction of sp³-hybridized carbons (Fsp3) is 0.143. The van der Waals surface area contributed by atoms with E-state index in [9.17, 15) is 16.4 Å². The van der Waals surface area contributed by atoms with Crippen LogP contribution in [-0.2, 0) is 21.7 Å². The van der Waals surface area contributed by atoms with Crippen LogP contribution in [0.2, 0.25) is 0 Å². The average molecular weight is 1590 g/mol. The molecule has 0 bridgehead atoms. The summed E-state index contributed by atoms with van der Waals surface area (Å²) in [6.07, 6.45) is 0. The Balaban J connectivity index is 1.04. The fourth-order valence-electron chi connectivity index (χ4n) is 17.1. The Bertz CT molecular complexity index is 7680. The van der Waals surface area contributed by atoms with Crippen molar-refractivity contribution in [2.24, 2.45) is 0 Å². The topological polar surface area (TPSA) is 88.8 Å². The molecule has 0 saturated carbocycles. The minimum Gasteiger partial charge on any atom is -0.310 e. The highest BCUT2D eigenvalue weighted by Gasteiger charge is 2.47. The van der Waals surface area contributed by atoms with Gasteiger partial charge in [-0.15, -0.1) is 0 Å². The second-order valence-corrected chi connectivity index (χ2v) is 35.8. The highest BCUT2D eigenvalue weighted by Crippen LogP contribution is 2.56. The summed E-state index contributed by atoms with van der Waals surface area (Å²) in [5.74, 6) is 2.22. The van der Waals surface area contributed by atoms with Crippen molar-refractivity contribution in [1.29, 1.82) is 0 Å². The molecule has 0 fully saturated rings. The summed E-state index contributed by atoms with van der Waals surface area (Å²) in [7, 11) is 0. The van der Waals surface area contributed by atoms with Gasteiger partial charge in [0.05, 0.1) is 40.2 Å². The van der Waals surface area contributed by atoms with Gasteiger partial charge in [-0.25, -0.2) is 29.9 Å². The summed E-state index contributed by atoms with van der Waals surface area (Å²) >= 11 is 0. The van der Waals surface area contributed by atoms with E-state index in [-0.39, 0.29) is 33.1 Å². The second-order valence-electron chi connectivity index (χ2n) is 35.8. The van der Waals surface area contributed by atoms with E-state index in [1.165, 1.54) is 0 Å². The molecule has 590 valence electrons. The fourth-order valence-corrected chi connectivity index (χ4v) is 17.1. The number of para-hydroxylation sites is 2. The van der Waals surface area contributed by atoms with Crippen molar-refractivity contribution in [3.05, 3.63) is 374 Å². The van der Waals surface area contributed by atoms with E-state index in [4.69, 9.17) is 31.3 Å². The Morgan fingerprint density at radius 3 is 0.967 bits per heavy atom. The molecule has 122 heavy (non-hydrogen) atoms. The summed E-state index contributed by atoms with van der Waals surface area (Å²) in [5, 5.41) is -0.195. The number of fused-ring (bicyclic) bond motifs is 7. The van der Waals surface area contributed by atoms with Crippen LogP contribution in [0.25, 0.3) is 140 Å². The summed E-state index contributed by atoms with van der Waals surface area (Å²) in [5.41, 5.74) is 16.8. The average Bonchev–Trinajstić information content (AvgIpc) is 1.41. The van der Waals surface area contributed by atoms with Crippen molar-refractivity contribution >= 4 is 79.0 Å². The minimum absolute atomic E-state index is 0.0346. The number of anilines is 6. The van der Waals surface area contributed by atoms with E-state index >= 15 is 0 Å². The van der Waals surface area contributed by atoms with Crippen LogP contribution in [0.15, 0.2) is 352 Å². The van der Waals surface area contributed by atoms with Crippen molar-refractivity contribution in [3.63, 3.8) is 0 Å². The van der Waals surface area contributed by atoms with Crippen molar-refractivity contribution in [3.8, 4) is 119 Å². The van der Waals surface area contributed by atoms with Gasteiger partial charge in [0.25, 0.3) is 6.71 Å². The second kappa shape index (κ2) is 29.9. The molecular weight excluding hydrogens is 1480 g/mol. The van der Waals surface area contributed by atoms with Crippen LogP contribution in [0, 0.1) is 0 Å². The van der Waals surface area contributed by atoms with Gasteiger partial charge in [-0.3, -0.25) is 0 Å². The lowest BCUT2D eigenvalue weighted by Crippen LogP contribution is -2.61. The third kappa shape index (κ3) is 13.8. The minimum atomic E-state index is -0.878. The molecule has 0 amide bonds. The third-order valence-corrected chi connectivity index (χ3v) is 23.6. The number of benzene rings is 15. The van der Waals surface area contributed by atoms with Crippen LogP contribution in [-0.4, -0.2) is 41.2 Å². The van der Waals surface area contributed by atoms with Crippen molar-refractivity contribution in [1.82, 2.24) is 34.5 Å². The maximum absolute atomic E-state index is 10.1. The number of nitrogens with zero attached hydrogens (tertiary/aromatic N) is 9. The number of hydrogen-bond acceptors (Lipinski definition) is 8. The van der Waals surface area contributed by atoms with E-state index in [2.05, 4.69) is 172 Å². The lowest BCUT2D eigenvalue weighted by Gasteiger charge is -2.46. The number of aromatic nitrogens is 7. The first kappa shape index (κ1) is 62.9. The molecule has 0 spiro atoms. The summed E-state index contributed by atoms with van der Waals surface area (Å²) in [4.78, 5) is 38.1. The predicted octanol–water partition coefficient (Wildman–Crippen LogP) is 27.1. The zero-order valence-electron chi connectivity index (χ0n) is 83.1. The standard InChI is InChI=1S/C112H94BN9/c1-109(2,3)81-60-79(61-82(65-81)110(4,5)6)80-63-98-100-99(64-80)122(102-89(73-42-24-15-25-43-73)67-84(112(10,11)12)69-91(102)108-118-105(76-48-30-18-31-49-76)115-106(119-108)77-50-32-19-33-51-77)97-70-85(120-94-54-36-34-52-86(94)87-53-35-37-55-95(87)120)57-59-93(97)113(100)92-58-56-78(71-38-20-13-21-39-71)62-96(92)121(98)101-88(72-40-22-14-23-41-72)66-83(111(7,8)9)68-90(101)107-116-103(74-44-26-16-27-45-74)114-104(117-107)75-46-28-17-29-47-75/h13-70H,1-12H3/i13D,20D,21D,34D,35D,36D,37D,38D,39D,52D,53D,54D,55D. The van der Waals surface area contributed by atoms with Gasteiger partial charge in [0.15, 0.2) is 34.9 Å². The zero-order valence-corrected chi connectivity index (χ0v) is 70.1. The molecule has 0 N–H and O–H groups in total. The molecule has 18 aromatic rings. The van der Waals surface area contributed by atoms with Crippen LogP contribution < -0.4 is 26.2 Å². The molecule has 0 aliphatic carbocycles. The maximum atomic E-state index is 10.1. The van der Waals surface area contributed by atoms with Gasteiger partial charge >= 0.3 is 0 Å². The summed E-state index contributed by atoms with van der Waals surface area (Å²) in [6, 6.07) is 85.2. The van der Waals surface area contributed by atoms with Gasteiger partial charge in [-0.1, -0.05) is 368 Å². The van der Waals surface area contributed by atoms with Crippen LogP contribution in [0.1, 0.15) is 123 Å². The van der Waals surface area contributed by atoms with Gasteiger partial charge in [-0.05, 0) is 160 Å². The molecule has 9 nitrogen and oxygen atoms in total. The lowest BCUT2D eigenvalue weighted by atomic mass is 9.33. The highest BCUT2D eigenvalue weighted by atomic mass is 15.2. The number of hydrogen-bond donors (Lipinski definition) is 0. The van der Waals surface area contributed by atoms with E-state index in [1.807, 2.05) is 194 Å². The lowest BCUT2D eigenvalue weighted by molar-refractivity contribution is 0.569. The molecule has 2 aliphatic heterocycles. The van der Waals surface area contributed by atoms with Gasteiger partial charge in [0, 0.05) is 83.7 Å². The van der Waals surface area contributed by atoms with E-state index in [0.29, 0.717) is 96.7 Å². The van der Waals surface area contributed by atoms with Crippen molar-refractivity contribution in [2.75, 3.05) is 9.80 Å². The van der Waals surface area contributed by atoms with Crippen LogP contribution in [0.4, 0.5) is 34.1 Å². The Morgan fingerprint density at radius 2 is 0.574 bits per heavy atom. The molecule has 2 aliphatic rings. The largest absolute Gasteiger partial charge is 0.310 e. The van der Waals surface area contributed by atoms with E-state index in [1.54, 1.807) is 4.57 Å². The van der Waals surface area contributed by atoms with Gasteiger partial charge in [0.2, 0.25) is 0 Å². The van der Waals surface area contributed by atoms with Crippen LogP contribution >= 0.6 is 0 Å². The molecule has 10 heteroatoms. The molecule has 0 saturated heterocycles. The van der Waals surface area contributed by atoms with Crippen molar-refractivity contribution in [2.45, 2.75) is 105 Å². The van der Waals surface area contributed by atoms with Gasteiger partial charge < -0.3 is 14.4 Å². The first-order valence-corrected chi connectivity index (χ1v) is 41.4. The van der Waals surface area contributed by atoms with Gasteiger partial charge in [-0.2, -0.15) is 0 Å². The Morgan fingerprint density at radius 1 is 0.254 bits per heavy atom. The Kier molecular flexibility index (Phi) is 15.4. The first-order valence-electron chi connectivity index (χ1n) is 47.9. The molecule has 0 unspecified atom stereocenters. The quantitative estimate of drug-likeness (QED) is 0.106. The molecule has 0 atom stereocenters. The Hall–Kier alpha value is -14.2. The van der Waals surface area contributed by atoms with Crippen LogP contribution in [0.3, 0.4) is 0 Å². The molecular formula is C112H94BN9. The number of rotatable bonds is 13. The molecule has 3 aromatic heterocycles. The summed E-state index contributed by atoms with van der Waals surface area (Å²) < 4.78 is 127. The first-order chi connectivity index (χ1) is 64.4. The normalized spacial score (nSPS) is 14.2. The molecule has 0 radical (unpaired) electrons. The molecule has 15 aromatic carbocycles. The molecule has 20 rings (SSSR count). The SMILES string of the molecule is [2H]c1c([2H])c([2H])c(-c2ccc3c(c2)N(c2c(-c4ccccc4)cc(C(C)(C)C)cc2-c2nc(-c4ccccc4)nc(-c4ccccc4)n2)c2cc(-c4cc(C(C)(C)C)cc(C(C)(C)C)c4)cc4c2B3c2ccc(-n3c5c([2H])c([2H])c([2H])c([2H])c5c5c([2H])c([2H])c([2H])c([2H])c53)cc2N4c2c(-c3ccccc3)cc(C(C)(C)C)cc2-c2nc(-c3ccccc3)nc(-c3ccccc3)n2)c([2H])c1[2H]. The Labute approximate surface area is 734 Å².